The molecule has 1 amide bonds. The predicted octanol–water partition coefficient (Wildman–Crippen LogP) is -0.331. The molecule has 2 heterocycles. The molecule has 1 atom stereocenters. The second kappa shape index (κ2) is 3.89. The lowest BCUT2D eigenvalue weighted by Crippen LogP contribution is -2.38. The molecule has 88 valence electrons. The van der Waals surface area contributed by atoms with E-state index in [0.29, 0.717) is 6.42 Å². The minimum Gasteiger partial charge on any atom is -0.341 e. The summed E-state index contributed by atoms with van der Waals surface area (Å²) in [5.74, 6) is 0.183. The van der Waals surface area contributed by atoms with Gasteiger partial charge in [0.2, 0.25) is 0 Å². The number of carbonyl (C=O) groups is 1. The number of H-pyrrole nitrogens is 1. The lowest BCUT2D eigenvalue weighted by atomic mass is 10.2. The summed E-state index contributed by atoms with van der Waals surface area (Å²) in [5, 5.41) is 0. The maximum absolute atomic E-state index is 11.8. The summed E-state index contributed by atoms with van der Waals surface area (Å²) in [4.78, 5) is 19.8. The van der Waals surface area contributed by atoms with Gasteiger partial charge in [-0.15, -0.1) is 0 Å². The van der Waals surface area contributed by atoms with E-state index >= 15 is 0 Å². The van der Waals surface area contributed by atoms with E-state index in [1.807, 2.05) is 0 Å². The number of imidazole rings is 1. The highest BCUT2D eigenvalue weighted by Crippen LogP contribution is 2.17. The third-order valence-corrected chi connectivity index (χ3v) is 4.53. The zero-order valence-electron chi connectivity index (χ0n) is 8.88. The third kappa shape index (κ3) is 2.08. The standard InChI is InChI=1S/C9H13N3O3S/c1-12(7-2-5-16(14,15)6-7)9(13)8-10-3-4-11-8/h3-4,7H,2,5-6H2,1H3,(H,10,11). The second-order valence-corrected chi connectivity index (χ2v) is 6.14. The normalized spacial score (nSPS) is 23.2. The van der Waals surface area contributed by atoms with Gasteiger partial charge in [-0.1, -0.05) is 0 Å². The molecule has 2 rings (SSSR count). The van der Waals surface area contributed by atoms with Crippen LogP contribution >= 0.6 is 0 Å². The average molecular weight is 243 g/mol. The van der Waals surface area contributed by atoms with Crippen molar-refractivity contribution >= 4 is 15.7 Å². The quantitative estimate of drug-likeness (QED) is 0.771. The van der Waals surface area contributed by atoms with E-state index in [2.05, 4.69) is 9.97 Å². The van der Waals surface area contributed by atoms with Crippen LogP contribution in [0.15, 0.2) is 12.4 Å². The van der Waals surface area contributed by atoms with Gasteiger partial charge in [0.15, 0.2) is 15.7 Å². The number of rotatable bonds is 2. The molecule has 1 aromatic rings. The molecule has 1 saturated heterocycles. The zero-order valence-corrected chi connectivity index (χ0v) is 9.70. The van der Waals surface area contributed by atoms with E-state index in [1.165, 1.54) is 11.1 Å². The van der Waals surface area contributed by atoms with Crippen LogP contribution in [-0.4, -0.2) is 53.8 Å². The lowest BCUT2D eigenvalue weighted by Gasteiger charge is -2.22. The highest BCUT2D eigenvalue weighted by molar-refractivity contribution is 7.91. The Kier molecular flexibility index (Phi) is 2.71. The first-order valence-electron chi connectivity index (χ1n) is 4.96. The fourth-order valence-corrected chi connectivity index (χ4v) is 3.57. The molecule has 1 fully saturated rings. The van der Waals surface area contributed by atoms with Gasteiger partial charge in [0.05, 0.1) is 11.5 Å². The van der Waals surface area contributed by atoms with Crippen molar-refractivity contribution in [1.29, 1.82) is 0 Å². The van der Waals surface area contributed by atoms with Crippen LogP contribution in [0.5, 0.6) is 0 Å². The smallest absolute Gasteiger partial charge is 0.289 e. The molecule has 1 aliphatic rings. The van der Waals surface area contributed by atoms with Crippen LogP contribution in [-0.2, 0) is 9.84 Å². The summed E-state index contributed by atoms with van der Waals surface area (Å²) >= 11 is 0. The van der Waals surface area contributed by atoms with Crippen molar-refractivity contribution in [3.63, 3.8) is 0 Å². The number of hydrogen-bond donors (Lipinski definition) is 1. The van der Waals surface area contributed by atoms with Crippen LogP contribution in [0.1, 0.15) is 17.0 Å². The Balaban J connectivity index is 2.09. The van der Waals surface area contributed by atoms with Gasteiger partial charge in [0.1, 0.15) is 0 Å². The Labute approximate surface area is 93.6 Å². The number of nitrogens with one attached hydrogen (secondary N) is 1. The molecule has 1 unspecified atom stereocenters. The molecule has 0 radical (unpaired) electrons. The first-order valence-corrected chi connectivity index (χ1v) is 6.79. The molecule has 0 spiro atoms. The summed E-state index contributed by atoms with van der Waals surface area (Å²) in [5.41, 5.74) is 0. The lowest BCUT2D eigenvalue weighted by molar-refractivity contribution is 0.0736. The number of aromatic amines is 1. The van der Waals surface area contributed by atoms with Crippen molar-refractivity contribution in [1.82, 2.24) is 14.9 Å². The number of sulfone groups is 1. The maximum Gasteiger partial charge on any atom is 0.289 e. The molecule has 0 bridgehead atoms. The molecular formula is C9H13N3O3S. The highest BCUT2D eigenvalue weighted by atomic mass is 32.2. The maximum atomic E-state index is 11.8. The Bertz CT molecular complexity index is 480. The Morgan fingerprint density at radius 3 is 2.88 bits per heavy atom. The largest absolute Gasteiger partial charge is 0.341 e. The van der Waals surface area contributed by atoms with Gasteiger partial charge >= 0.3 is 0 Å². The fraction of sp³-hybridized carbons (Fsp3) is 0.556. The van der Waals surface area contributed by atoms with Gasteiger partial charge in [-0.2, -0.15) is 0 Å². The topological polar surface area (TPSA) is 83.1 Å². The Morgan fingerprint density at radius 2 is 2.38 bits per heavy atom. The summed E-state index contributed by atoms with van der Waals surface area (Å²) in [6.45, 7) is 0. The van der Waals surface area contributed by atoms with Crippen molar-refractivity contribution in [2.45, 2.75) is 12.5 Å². The highest BCUT2D eigenvalue weighted by Gasteiger charge is 2.33. The van der Waals surface area contributed by atoms with Crippen molar-refractivity contribution in [2.75, 3.05) is 18.6 Å². The van der Waals surface area contributed by atoms with Crippen LogP contribution in [0.2, 0.25) is 0 Å². The summed E-state index contributed by atoms with van der Waals surface area (Å²) < 4.78 is 22.6. The molecule has 16 heavy (non-hydrogen) atoms. The van der Waals surface area contributed by atoms with E-state index in [1.54, 1.807) is 13.2 Å². The number of hydrogen-bond acceptors (Lipinski definition) is 4. The SMILES string of the molecule is CN(C(=O)c1ncc[nH]1)C1CCS(=O)(=O)C1. The number of carbonyl (C=O) groups excluding carboxylic acids is 1. The minimum absolute atomic E-state index is 0.0515. The van der Waals surface area contributed by atoms with Crippen molar-refractivity contribution in [3.8, 4) is 0 Å². The summed E-state index contributed by atoms with van der Waals surface area (Å²) in [6, 6.07) is -0.234. The van der Waals surface area contributed by atoms with Crippen molar-refractivity contribution in [3.05, 3.63) is 18.2 Å². The van der Waals surface area contributed by atoms with E-state index in [0.717, 1.165) is 0 Å². The van der Waals surface area contributed by atoms with Gasteiger partial charge in [-0.05, 0) is 6.42 Å². The fourth-order valence-electron chi connectivity index (χ4n) is 1.80. The molecule has 0 aromatic carbocycles. The molecule has 0 aliphatic carbocycles. The van der Waals surface area contributed by atoms with Crippen LogP contribution < -0.4 is 0 Å². The van der Waals surface area contributed by atoms with E-state index < -0.39 is 9.84 Å². The van der Waals surface area contributed by atoms with Gasteiger partial charge in [-0.3, -0.25) is 4.79 Å². The molecule has 1 aromatic heterocycles. The minimum atomic E-state index is -2.97. The molecule has 6 nitrogen and oxygen atoms in total. The van der Waals surface area contributed by atoms with Gasteiger partial charge in [-0.25, -0.2) is 13.4 Å². The number of nitrogens with zero attached hydrogens (tertiary/aromatic N) is 2. The Morgan fingerprint density at radius 1 is 1.62 bits per heavy atom. The summed E-state index contributed by atoms with van der Waals surface area (Å²) in [7, 11) is -1.36. The van der Waals surface area contributed by atoms with E-state index in [4.69, 9.17) is 0 Å². The molecular weight excluding hydrogens is 230 g/mol. The molecule has 1 N–H and O–H groups in total. The third-order valence-electron chi connectivity index (χ3n) is 2.78. The van der Waals surface area contributed by atoms with Crippen LogP contribution in [0, 0.1) is 0 Å². The van der Waals surface area contributed by atoms with Gasteiger partial charge in [0, 0.05) is 25.5 Å². The molecule has 7 heteroatoms. The zero-order chi connectivity index (χ0) is 11.8. The second-order valence-electron chi connectivity index (χ2n) is 3.91. The van der Waals surface area contributed by atoms with Crippen LogP contribution in [0.25, 0.3) is 0 Å². The molecule has 0 saturated carbocycles. The Hall–Kier alpha value is -1.37. The van der Waals surface area contributed by atoms with Crippen molar-refractivity contribution < 1.29 is 13.2 Å². The van der Waals surface area contributed by atoms with Crippen LogP contribution in [0.3, 0.4) is 0 Å². The predicted molar refractivity (Wildman–Crippen MR) is 57.7 cm³/mol. The number of amides is 1. The summed E-state index contributed by atoms with van der Waals surface area (Å²) in [6.07, 6.45) is 3.56. The monoisotopic (exact) mass is 243 g/mol. The van der Waals surface area contributed by atoms with Crippen molar-refractivity contribution in [2.24, 2.45) is 0 Å². The van der Waals surface area contributed by atoms with E-state index in [9.17, 15) is 13.2 Å². The van der Waals surface area contributed by atoms with Crippen LogP contribution in [0.4, 0.5) is 0 Å². The first-order chi connectivity index (χ1) is 7.49. The average Bonchev–Trinajstić information content (AvgIpc) is 2.84. The molecule has 1 aliphatic heterocycles. The van der Waals surface area contributed by atoms with Gasteiger partial charge in [0.25, 0.3) is 5.91 Å². The number of aromatic nitrogens is 2. The van der Waals surface area contributed by atoms with Gasteiger partial charge < -0.3 is 9.88 Å². The first kappa shape index (κ1) is 11.1. The van der Waals surface area contributed by atoms with E-state index in [-0.39, 0.29) is 29.3 Å².